The molecule has 0 amide bonds. The summed E-state index contributed by atoms with van der Waals surface area (Å²) in [5, 5.41) is 16.6. The van der Waals surface area contributed by atoms with Crippen molar-refractivity contribution in [2.24, 2.45) is 4.99 Å². The van der Waals surface area contributed by atoms with Gasteiger partial charge in [0.25, 0.3) is 0 Å². The number of ether oxygens (including phenoxy) is 1. The average Bonchev–Trinajstić information content (AvgIpc) is 2.50. The number of guanidine groups is 1. The predicted octanol–water partition coefficient (Wildman–Crippen LogP) is 2.06. The SMILES string of the molecule is CCNC(=NCc1ccccc1OCC)NCC1(O)CCC1. The molecule has 22 heavy (non-hydrogen) atoms. The number of rotatable bonds is 7. The van der Waals surface area contributed by atoms with Crippen LogP contribution in [0.15, 0.2) is 29.3 Å². The Labute approximate surface area is 132 Å². The van der Waals surface area contributed by atoms with E-state index in [1.165, 1.54) is 0 Å². The first-order chi connectivity index (χ1) is 10.7. The van der Waals surface area contributed by atoms with Gasteiger partial charge >= 0.3 is 0 Å². The quantitative estimate of drug-likeness (QED) is 0.533. The molecule has 1 aliphatic rings. The third-order valence-electron chi connectivity index (χ3n) is 3.89. The molecule has 0 unspecified atom stereocenters. The van der Waals surface area contributed by atoms with Gasteiger partial charge in [-0.1, -0.05) is 18.2 Å². The number of hydrogen-bond donors (Lipinski definition) is 3. The Morgan fingerprint density at radius 3 is 2.68 bits per heavy atom. The summed E-state index contributed by atoms with van der Waals surface area (Å²) in [5.41, 5.74) is 0.503. The lowest BCUT2D eigenvalue weighted by Gasteiger charge is -2.37. The number of benzene rings is 1. The first-order valence-electron chi connectivity index (χ1n) is 8.12. The van der Waals surface area contributed by atoms with Crippen molar-refractivity contribution in [3.8, 4) is 5.75 Å². The van der Waals surface area contributed by atoms with Crippen LogP contribution in [0.4, 0.5) is 0 Å². The Morgan fingerprint density at radius 2 is 2.05 bits per heavy atom. The number of hydrogen-bond acceptors (Lipinski definition) is 3. The highest BCUT2D eigenvalue weighted by Gasteiger charge is 2.34. The number of aliphatic hydroxyl groups is 1. The second kappa shape index (κ2) is 8.03. The largest absolute Gasteiger partial charge is 0.494 e. The monoisotopic (exact) mass is 305 g/mol. The molecule has 1 aliphatic carbocycles. The van der Waals surface area contributed by atoms with Crippen LogP contribution in [-0.4, -0.2) is 36.4 Å². The zero-order valence-electron chi connectivity index (χ0n) is 13.6. The molecule has 1 fully saturated rings. The van der Waals surface area contributed by atoms with Crippen molar-refractivity contribution in [3.05, 3.63) is 29.8 Å². The Balaban J connectivity index is 1.97. The van der Waals surface area contributed by atoms with Crippen LogP contribution in [-0.2, 0) is 6.54 Å². The lowest BCUT2D eigenvalue weighted by molar-refractivity contribution is -0.0279. The molecule has 0 aromatic heterocycles. The van der Waals surface area contributed by atoms with Gasteiger partial charge in [0, 0.05) is 18.7 Å². The summed E-state index contributed by atoms with van der Waals surface area (Å²) in [4.78, 5) is 4.59. The van der Waals surface area contributed by atoms with Crippen molar-refractivity contribution in [3.63, 3.8) is 0 Å². The van der Waals surface area contributed by atoms with Crippen LogP contribution in [0.2, 0.25) is 0 Å². The first kappa shape index (κ1) is 16.6. The van der Waals surface area contributed by atoms with Crippen LogP contribution >= 0.6 is 0 Å². The van der Waals surface area contributed by atoms with Crippen molar-refractivity contribution in [2.75, 3.05) is 19.7 Å². The molecule has 5 heteroatoms. The lowest BCUT2D eigenvalue weighted by Crippen LogP contribution is -2.50. The summed E-state index contributed by atoms with van der Waals surface area (Å²) < 4.78 is 5.62. The van der Waals surface area contributed by atoms with E-state index in [0.717, 1.165) is 43.1 Å². The van der Waals surface area contributed by atoms with Gasteiger partial charge in [-0.15, -0.1) is 0 Å². The van der Waals surface area contributed by atoms with Crippen molar-refractivity contribution < 1.29 is 9.84 Å². The fraction of sp³-hybridized carbons (Fsp3) is 0.588. The van der Waals surface area contributed by atoms with E-state index in [1.807, 2.05) is 38.1 Å². The van der Waals surface area contributed by atoms with Crippen LogP contribution in [0.25, 0.3) is 0 Å². The molecule has 5 nitrogen and oxygen atoms in total. The molecular weight excluding hydrogens is 278 g/mol. The fourth-order valence-electron chi connectivity index (χ4n) is 2.45. The summed E-state index contributed by atoms with van der Waals surface area (Å²) >= 11 is 0. The van der Waals surface area contributed by atoms with Crippen molar-refractivity contribution in [1.29, 1.82) is 0 Å². The van der Waals surface area contributed by atoms with Crippen molar-refractivity contribution >= 4 is 5.96 Å². The van der Waals surface area contributed by atoms with E-state index in [1.54, 1.807) is 0 Å². The molecule has 0 heterocycles. The predicted molar refractivity (Wildman–Crippen MR) is 89.2 cm³/mol. The number of nitrogens with zero attached hydrogens (tertiary/aromatic N) is 1. The van der Waals surface area contributed by atoms with Crippen LogP contribution in [0.1, 0.15) is 38.7 Å². The minimum atomic E-state index is -0.556. The highest BCUT2D eigenvalue weighted by Crippen LogP contribution is 2.30. The average molecular weight is 305 g/mol. The van der Waals surface area contributed by atoms with E-state index >= 15 is 0 Å². The summed E-state index contributed by atoms with van der Waals surface area (Å²) in [6, 6.07) is 7.95. The molecule has 0 saturated heterocycles. The van der Waals surface area contributed by atoms with Crippen LogP contribution in [0, 0.1) is 0 Å². The van der Waals surface area contributed by atoms with Gasteiger partial charge in [-0.05, 0) is 39.2 Å². The molecule has 0 aliphatic heterocycles. The van der Waals surface area contributed by atoms with E-state index < -0.39 is 5.60 Å². The van der Waals surface area contributed by atoms with Crippen LogP contribution < -0.4 is 15.4 Å². The van der Waals surface area contributed by atoms with E-state index in [-0.39, 0.29) is 0 Å². The standard InChI is InChI=1S/C17H27N3O2/c1-3-18-16(20-13-17(21)10-7-11-17)19-12-14-8-5-6-9-15(14)22-4-2/h5-6,8-9,21H,3-4,7,10-13H2,1-2H3,(H2,18,19,20). The maximum atomic E-state index is 10.2. The molecule has 0 bridgehead atoms. The number of aliphatic imine (C=N–C) groups is 1. The Bertz CT molecular complexity index is 498. The van der Waals surface area contributed by atoms with Gasteiger partial charge in [0.2, 0.25) is 0 Å². The van der Waals surface area contributed by atoms with Crippen molar-refractivity contribution in [1.82, 2.24) is 10.6 Å². The molecular formula is C17H27N3O2. The maximum absolute atomic E-state index is 10.2. The van der Waals surface area contributed by atoms with Gasteiger partial charge in [0.1, 0.15) is 5.75 Å². The van der Waals surface area contributed by atoms with Crippen molar-refractivity contribution in [2.45, 2.75) is 45.3 Å². The summed E-state index contributed by atoms with van der Waals surface area (Å²) in [5.74, 6) is 1.61. The van der Waals surface area contributed by atoms with E-state index in [9.17, 15) is 5.11 Å². The van der Waals surface area contributed by atoms with Gasteiger partial charge in [0.15, 0.2) is 5.96 Å². The summed E-state index contributed by atoms with van der Waals surface area (Å²) in [6.07, 6.45) is 2.84. The van der Waals surface area contributed by atoms with E-state index in [0.29, 0.717) is 19.7 Å². The lowest BCUT2D eigenvalue weighted by atomic mass is 9.80. The van der Waals surface area contributed by atoms with Crippen LogP contribution in [0.3, 0.4) is 0 Å². The summed E-state index contributed by atoms with van der Waals surface area (Å²) in [6.45, 7) is 6.54. The van der Waals surface area contributed by atoms with E-state index in [2.05, 4.69) is 15.6 Å². The normalized spacial score (nSPS) is 16.8. The Hall–Kier alpha value is -1.75. The molecule has 0 spiro atoms. The Morgan fingerprint density at radius 1 is 1.27 bits per heavy atom. The third kappa shape index (κ3) is 4.63. The molecule has 0 radical (unpaired) electrons. The molecule has 3 N–H and O–H groups in total. The molecule has 122 valence electrons. The number of nitrogens with one attached hydrogen (secondary N) is 2. The Kier molecular flexibility index (Phi) is 6.07. The fourth-order valence-corrected chi connectivity index (χ4v) is 2.45. The van der Waals surface area contributed by atoms with Gasteiger partial charge in [-0.2, -0.15) is 0 Å². The van der Waals surface area contributed by atoms with E-state index in [4.69, 9.17) is 4.74 Å². The van der Waals surface area contributed by atoms with Crippen LogP contribution in [0.5, 0.6) is 5.75 Å². The first-order valence-corrected chi connectivity index (χ1v) is 8.12. The zero-order valence-corrected chi connectivity index (χ0v) is 13.6. The smallest absolute Gasteiger partial charge is 0.191 e. The third-order valence-corrected chi connectivity index (χ3v) is 3.89. The molecule has 1 aromatic rings. The zero-order chi connectivity index (χ0) is 15.8. The molecule has 2 rings (SSSR count). The highest BCUT2D eigenvalue weighted by atomic mass is 16.5. The van der Waals surface area contributed by atoms with Gasteiger partial charge in [0.05, 0.1) is 18.8 Å². The maximum Gasteiger partial charge on any atom is 0.191 e. The molecule has 1 aromatic carbocycles. The minimum Gasteiger partial charge on any atom is -0.494 e. The molecule has 1 saturated carbocycles. The second-order valence-electron chi connectivity index (χ2n) is 5.67. The van der Waals surface area contributed by atoms with Gasteiger partial charge in [-0.3, -0.25) is 0 Å². The minimum absolute atomic E-state index is 0.546. The van der Waals surface area contributed by atoms with Gasteiger partial charge in [-0.25, -0.2) is 4.99 Å². The van der Waals surface area contributed by atoms with Gasteiger partial charge < -0.3 is 20.5 Å². The topological polar surface area (TPSA) is 65.9 Å². The second-order valence-corrected chi connectivity index (χ2v) is 5.67. The number of para-hydroxylation sites is 1. The highest BCUT2D eigenvalue weighted by molar-refractivity contribution is 5.79. The summed E-state index contributed by atoms with van der Waals surface area (Å²) in [7, 11) is 0. The molecule has 0 atom stereocenters.